The van der Waals surface area contributed by atoms with Gasteiger partial charge in [0.05, 0.1) is 0 Å². The molecule has 4 nitrogen and oxygen atoms in total. The number of hydrogen-bond donors (Lipinski definition) is 1. The lowest BCUT2D eigenvalue weighted by Crippen LogP contribution is -2.36. The average Bonchev–Trinajstić information content (AvgIpc) is 3.32. The molecule has 0 bridgehead atoms. The molecule has 21 heavy (non-hydrogen) atoms. The number of hydrogen-bond acceptors (Lipinski definition) is 2. The fourth-order valence-electron chi connectivity index (χ4n) is 2.32. The fourth-order valence-corrected chi connectivity index (χ4v) is 2.32. The van der Waals surface area contributed by atoms with Crippen LogP contribution in [-0.2, 0) is 0 Å². The van der Waals surface area contributed by atoms with Gasteiger partial charge in [0.1, 0.15) is 0 Å². The summed E-state index contributed by atoms with van der Waals surface area (Å²) >= 11 is 0. The van der Waals surface area contributed by atoms with Crippen molar-refractivity contribution in [2.24, 2.45) is 10.7 Å². The zero-order valence-electron chi connectivity index (χ0n) is 13.0. The van der Waals surface area contributed by atoms with Crippen molar-refractivity contribution in [1.29, 1.82) is 0 Å². The molecule has 5 heteroatoms. The van der Waals surface area contributed by atoms with Crippen LogP contribution in [0.2, 0.25) is 0 Å². The van der Waals surface area contributed by atoms with Gasteiger partial charge in [-0.1, -0.05) is 18.2 Å². The van der Waals surface area contributed by atoms with Crippen LogP contribution in [0.1, 0.15) is 26.2 Å². The minimum absolute atomic E-state index is 0. The minimum Gasteiger partial charge on any atom is -0.372 e. The van der Waals surface area contributed by atoms with Gasteiger partial charge in [-0.2, -0.15) is 0 Å². The third kappa shape index (κ3) is 5.73. The van der Waals surface area contributed by atoms with E-state index in [1.54, 1.807) is 0 Å². The fraction of sp³-hybridized carbons (Fsp3) is 0.562. The van der Waals surface area contributed by atoms with Crippen LogP contribution in [0.3, 0.4) is 0 Å². The Morgan fingerprint density at radius 3 is 2.52 bits per heavy atom. The van der Waals surface area contributed by atoms with E-state index in [4.69, 9.17) is 5.73 Å². The summed E-state index contributed by atoms with van der Waals surface area (Å²) in [6.07, 6.45) is 3.54. The van der Waals surface area contributed by atoms with Crippen LogP contribution >= 0.6 is 24.0 Å². The summed E-state index contributed by atoms with van der Waals surface area (Å²) < 4.78 is 0. The lowest BCUT2D eigenvalue weighted by atomic mass is 10.2. The lowest BCUT2D eigenvalue weighted by molar-refractivity contribution is 0.487. The van der Waals surface area contributed by atoms with E-state index in [0.29, 0.717) is 12.0 Å². The first-order chi connectivity index (χ1) is 9.72. The summed E-state index contributed by atoms with van der Waals surface area (Å²) in [6.45, 7) is 5.02. The Hall–Kier alpha value is -0.980. The monoisotopic (exact) mass is 402 g/mol. The minimum atomic E-state index is 0. The predicted molar refractivity (Wildman–Crippen MR) is 102 cm³/mol. The van der Waals surface area contributed by atoms with E-state index in [9.17, 15) is 0 Å². The molecule has 2 N–H and O–H groups in total. The third-order valence-electron chi connectivity index (χ3n) is 3.82. The Morgan fingerprint density at radius 1 is 1.29 bits per heavy atom. The first-order valence-corrected chi connectivity index (χ1v) is 7.55. The zero-order valence-corrected chi connectivity index (χ0v) is 15.4. The van der Waals surface area contributed by atoms with E-state index in [-0.39, 0.29) is 24.0 Å². The number of aliphatic imine (C=N–C) groups is 1. The second-order valence-electron chi connectivity index (χ2n) is 5.35. The van der Waals surface area contributed by atoms with Gasteiger partial charge in [-0.15, -0.1) is 24.0 Å². The molecule has 0 spiro atoms. The van der Waals surface area contributed by atoms with Crippen LogP contribution in [0.15, 0.2) is 35.3 Å². The summed E-state index contributed by atoms with van der Waals surface area (Å²) in [5, 5.41) is 0. The predicted octanol–water partition coefficient (Wildman–Crippen LogP) is 2.93. The number of halogens is 1. The van der Waals surface area contributed by atoms with Crippen molar-refractivity contribution in [3.05, 3.63) is 30.3 Å². The summed E-state index contributed by atoms with van der Waals surface area (Å²) in [7, 11) is 2.04. The SMILES string of the molecule is CCN(CCCN=C(N)N(C)C1CC1)c1ccccc1.I. The molecule has 0 atom stereocenters. The van der Waals surface area contributed by atoms with Crippen LogP contribution < -0.4 is 10.6 Å². The maximum absolute atomic E-state index is 5.98. The molecule has 2 rings (SSSR count). The number of para-hydroxylation sites is 1. The maximum Gasteiger partial charge on any atom is 0.191 e. The van der Waals surface area contributed by atoms with Gasteiger partial charge >= 0.3 is 0 Å². The third-order valence-corrected chi connectivity index (χ3v) is 3.82. The first-order valence-electron chi connectivity index (χ1n) is 7.55. The molecule has 0 saturated heterocycles. The summed E-state index contributed by atoms with van der Waals surface area (Å²) in [5.41, 5.74) is 7.26. The van der Waals surface area contributed by atoms with Crippen molar-refractivity contribution in [2.45, 2.75) is 32.2 Å². The summed E-state index contributed by atoms with van der Waals surface area (Å²) in [5.74, 6) is 0.690. The number of benzene rings is 1. The molecule has 1 aliphatic rings. The molecule has 1 aliphatic carbocycles. The molecule has 0 aliphatic heterocycles. The molecule has 0 amide bonds. The Kier molecular flexibility index (Phi) is 7.85. The molecule has 0 unspecified atom stereocenters. The van der Waals surface area contributed by atoms with E-state index in [1.165, 1.54) is 18.5 Å². The van der Waals surface area contributed by atoms with Gasteiger partial charge in [0.25, 0.3) is 0 Å². The molecule has 1 fully saturated rings. The van der Waals surface area contributed by atoms with E-state index in [2.05, 4.69) is 52.0 Å². The Bertz CT molecular complexity index is 431. The van der Waals surface area contributed by atoms with Crippen LogP contribution in [0.4, 0.5) is 5.69 Å². The molecule has 0 heterocycles. The standard InChI is InChI=1S/C16H26N4.HI/c1-3-20(15-8-5-4-6-9-15)13-7-12-18-16(17)19(2)14-10-11-14;/h4-6,8-9,14H,3,7,10-13H2,1-2H3,(H2,17,18);1H. The van der Waals surface area contributed by atoms with E-state index in [1.807, 2.05) is 7.05 Å². The van der Waals surface area contributed by atoms with Gasteiger partial charge in [0.15, 0.2) is 5.96 Å². The smallest absolute Gasteiger partial charge is 0.191 e. The highest BCUT2D eigenvalue weighted by Gasteiger charge is 2.27. The lowest BCUT2D eigenvalue weighted by Gasteiger charge is -2.23. The Balaban J connectivity index is 0.00000220. The highest BCUT2D eigenvalue weighted by molar-refractivity contribution is 14.0. The zero-order chi connectivity index (χ0) is 14.4. The summed E-state index contributed by atoms with van der Waals surface area (Å²) in [6, 6.07) is 11.2. The quantitative estimate of drug-likeness (QED) is 0.330. The molecule has 0 aromatic heterocycles. The molecule has 118 valence electrons. The second kappa shape index (κ2) is 9.12. The highest BCUT2D eigenvalue weighted by atomic mass is 127. The van der Waals surface area contributed by atoms with E-state index < -0.39 is 0 Å². The molecule has 1 aromatic rings. The van der Waals surface area contributed by atoms with Crippen molar-refractivity contribution in [3.8, 4) is 0 Å². The van der Waals surface area contributed by atoms with Crippen LogP contribution in [0.25, 0.3) is 0 Å². The van der Waals surface area contributed by atoms with E-state index in [0.717, 1.165) is 26.1 Å². The van der Waals surface area contributed by atoms with Gasteiger partial charge in [0.2, 0.25) is 0 Å². The van der Waals surface area contributed by atoms with Gasteiger partial charge in [-0.05, 0) is 38.3 Å². The molecular weight excluding hydrogens is 375 g/mol. The largest absolute Gasteiger partial charge is 0.372 e. The van der Waals surface area contributed by atoms with Crippen molar-refractivity contribution < 1.29 is 0 Å². The van der Waals surface area contributed by atoms with Gasteiger partial charge in [-0.3, -0.25) is 4.99 Å². The second-order valence-corrected chi connectivity index (χ2v) is 5.35. The van der Waals surface area contributed by atoms with Crippen molar-refractivity contribution >= 4 is 35.6 Å². The number of guanidine groups is 1. The molecule has 1 saturated carbocycles. The van der Waals surface area contributed by atoms with Crippen molar-refractivity contribution in [2.75, 3.05) is 31.6 Å². The number of nitrogens with two attached hydrogens (primary N) is 1. The van der Waals surface area contributed by atoms with Crippen molar-refractivity contribution in [3.63, 3.8) is 0 Å². The first kappa shape index (κ1) is 18.1. The average molecular weight is 402 g/mol. The molecular formula is C16H27IN4. The molecule has 0 radical (unpaired) electrons. The summed E-state index contributed by atoms with van der Waals surface area (Å²) in [4.78, 5) is 8.96. The normalized spacial score (nSPS) is 14.5. The van der Waals surface area contributed by atoms with Gasteiger partial charge < -0.3 is 15.5 Å². The van der Waals surface area contributed by atoms with Crippen LogP contribution in [-0.4, -0.2) is 43.6 Å². The topological polar surface area (TPSA) is 44.9 Å². The van der Waals surface area contributed by atoms with Crippen LogP contribution in [0.5, 0.6) is 0 Å². The van der Waals surface area contributed by atoms with Gasteiger partial charge in [-0.25, -0.2) is 0 Å². The van der Waals surface area contributed by atoms with E-state index >= 15 is 0 Å². The van der Waals surface area contributed by atoms with Gasteiger partial charge in [0, 0.05) is 38.4 Å². The van der Waals surface area contributed by atoms with Crippen molar-refractivity contribution in [1.82, 2.24) is 4.90 Å². The Labute approximate surface area is 145 Å². The number of nitrogens with zero attached hydrogens (tertiary/aromatic N) is 3. The number of anilines is 1. The highest BCUT2D eigenvalue weighted by Crippen LogP contribution is 2.24. The van der Waals surface area contributed by atoms with Crippen LogP contribution in [0, 0.1) is 0 Å². The molecule has 1 aromatic carbocycles. The number of rotatable bonds is 7. The maximum atomic E-state index is 5.98. The Morgan fingerprint density at radius 2 is 1.95 bits per heavy atom.